The highest BCUT2D eigenvalue weighted by molar-refractivity contribution is 6.12. The summed E-state index contributed by atoms with van der Waals surface area (Å²) in [6.07, 6.45) is 3.45. The summed E-state index contributed by atoms with van der Waals surface area (Å²) in [4.78, 5) is 75.6. The van der Waals surface area contributed by atoms with Crippen molar-refractivity contribution < 1.29 is 48.0 Å². The monoisotopic (exact) mass is 853 g/mol. The third-order valence-corrected chi connectivity index (χ3v) is 12.8. The van der Waals surface area contributed by atoms with Crippen LogP contribution in [0.1, 0.15) is 84.5 Å². The lowest BCUT2D eigenvalue weighted by Crippen LogP contribution is -2.55. The van der Waals surface area contributed by atoms with Crippen molar-refractivity contribution in [3.63, 3.8) is 0 Å². The Morgan fingerprint density at radius 1 is 0.825 bits per heavy atom. The number of aliphatic hydroxyl groups excluding tert-OH is 1. The molecule has 3 fully saturated rings. The summed E-state index contributed by atoms with van der Waals surface area (Å²) in [5.74, 6) is 0.809. The largest absolute Gasteiger partial charge is 0.491 e. The first kappa shape index (κ1) is 43.2. The summed E-state index contributed by atoms with van der Waals surface area (Å²) < 4.78 is 22.5. The van der Waals surface area contributed by atoms with Crippen LogP contribution in [0.4, 0.5) is 5.69 Å². The maximum absolute atomic E-state index is 15.9. The Morgan fingerprint density at radius 3 is 2.13 bits per heavy atom. The molecular formula is C50H51N3O10. The summed E-state index contributed by atoms with van der Waals surface area (Å²) in [6, 6.07) is 28.6. The Morgan fingerprint density at radius 2 is 1.46 bits per heavy atom. The normalized spacial score (nSPS) is 24.2. The molecule has 8 rings (SSSR count). The van der Waals surface area contributed by atoms with Crippen molar-refractivity contribution in [2.24, 2.45) is 11.8 Å². The van der Waals surface area contributed by atoms with E-state index < -0.39 is 65.3 Å². The van der Waals surface area contributed by atoms with Crippen molar-refractivity contribution in [2.45, 2.75) is 68.2 Å². The van der Waals surface area contributed by atoms with Gasteiger partial charge in [-0.15, -0.1) is 0 Å². The van der Waals surface area contributed by atoms with Gasteiger partial charge >= 0.3 is 17.9 Å². The third-order valence-electron chi connectivity index (χ3n) is 12.8. The zero-order valence-electron chi connectivity index (χ0n) is 35.4. The molecule has 63 heavy (non-hydrogen) atoms. The summed E-state index contributed by atoms with van der Waals surface area (Å²) in [6.45, 7) is 0.599. The molecule has 2 N–H and O–H groups in total. The molecular weight excluding hydrogens is 803 g/mol. The van der Waals surface area contributed by atoms with Crippen LogP contribution in [0.3, 0.4) is 0 Å². The van der Waals surface area contributed by atoms with Crippen molar-refractivity contribution in [2.75, 3.05) is 45.8 Å². The Hall–Kier alpha value is -6.49. The smallest absolute Gasteiger partial charge is 0.324 e. The number of carbonyl (C=O) groups is 5. The van der Waals surface area contributed by atoms with E-state index in [1.54, 1.807) is 30.3 Å². The Kier molecular flexibility index (Phi) is 12.9. The number of likely N-dealkylation sites (tertiary alicyclic amines) is 1. The first-order valence-electron chi connectivity index (χ1n) is 21.5. The lowest BCUT2D eigenvalue weighted by atomic mass is 9.64. The van der Waals surface area contributed by atoms with E-state index >= 15 is 14.4 Å². The number of nitrogens with zero attached hydrogens (tertiary/aromatic N) is 2. The average molecular weight is 854 g/mol. The Balaban J connectivity index is 1.40. The summed E-state index contributed by atoms with van der Waals surface area (Å²) in [5, 5.41) is 13.1. The van der Waals surface area contributed by atoms with Gasteiger partial charge in [-0.1, -0.05) is 110 Å². The highest BCUT2D eigenvalue weighted by Crippen LogP contribution is 2.66. The topological polar surface area (TPSA) is 161 Å². The number of ether oxygens (including phenoxy) is 4. The number of fused-ring (bicyclic) bond motifs is 3. The van der Waals surface area contributed by atoms with Crippen LogP contribution in [0.25, 0.3) is 0 Å². The fourth-order valence-corrected chi connectivity index (χ4v) is 10.1. The molecule has 4 heterocycles. The molecule has 0 radical (unpaired) electrons. The maximum atomic E-state index is 15.9. The zero-order valence-corrected chi connectivity index (χ0v) is 35.4. The molecule has 6 atom stereocenters. The van der Waals surface area contributed by atoms with Gasteiger partial charge in [-0.25, -0.2) is 0 Å². The van der Waals surface area contributed by atoms with E-state index in [4.69, 9.17) is 18.9 Å². The number of methoxy groups -OCH3 is 2. The van der Waals surface area contributed by atoms with Crippen LogP contribution in [0.5, 0.6) is 5.75 Å². The van der Waals surface area contributed by atoms with Gasteiger partial charge in [-0.3, -0.25) is 28.9 Å². The molecule has 13 heteroatoms. The first-order chi connectivity index (χ1) is 30.7. The van der Waals surface area contributed by atoms with Gasteiger partial charge in [0.1, 0.15) is 29.9 Å². The molecule has 4 aliphatic rings. The number of cyclic esters (lactones) is 1. The number of anilines is 1. The minimum atomic E-state index is -1.78. The minimum absolute atomic E-state index is 0.0479. The van der Waals surface area contributed by atoms with Gasteiger partial charge in [-0.2, -0.15) is 0 Å². The summed E-state index contributed by atoms with van der Waals surface area (Å²) in [7, 11) is 2.36. The van der Waals surface area contributed by atoms with E-state index in [0.29, 0.717) is 41.2 Å². The Labute approximate surface area is 366 Å². The van der Waals surface area contributed by atoms with Gasteiger partial charge in [0, 0.05) is 36.3 Å². The van der Waals surface area contributed by atoms with Gasteiger partial charge in [0.25, 0.3) is 0 Å². The van der Waals surface area contributed by atoms with Crippen LogP contribution >= 0.6 is 0 Å². The predicted octanol–water partition coefficient (Wildman–Crippen LogP) is 5.83. The van der Waals surface area contributed by atoms with Crippen molar-refractivity contribution >= 4 is 35.4 Å². The number of hydrogen-bond acceptors (Lipinski definition) is 11. The van der Waals surface area contributed by atoms with Gasteiger partial charge in [0.2, 0.25) is 11.8 Å². The SMILES string of the molecule is COC(=O)C(CC#Cc1ccc2c(c1)[C@]1(C(=O)N2)[C@H](c2ccccc2OCCO)N2[C@H](c3ccccc3)[C@H](c3ccccc3)OC(=O)[C@H]2[C@@H]1C(=O)N1CCCCCCC1)C(=O)OC. The standard InChI is InChI=1S/C50H51N3O10/c1-60-46(56)36(47(57)61-2)23-16-17-32-25-26-38-37(31-32)50(49(59)51-38)40(45(55)52-27-14-4-3-5-15-28-52)42-48(58)63-43(34-20-10-7-11-21-34)41(33-18-8-6-9-19-33)53(42)44(50)35-22-12-13-24-39(35)62-30-29-54/h6-13,18-22,24-26,31,36,40-44,54H,3-5,14-15,23,27-30H2,1-2H3,(H,51,59)/t40-,41-,42-,43+,44+,50-/m1/s1. The number of benzene rings is 4. The fraction of sp³-hybridized carbons (Fsp3) is 0.380. The van der Waals surface area contributed by atoms with Crippen LogP contribution in [-0.2, 0) is 43.6 Å². The van der Waals surface area contributed by atoms with Gasteiger partial charge < -0.3 is 34.3 Å². The minimum Gasteiger partial charge on any atom is -0.491 e. The molecule has 3 saturated heterocycles. The lowest BCUT2D eigenvalue weighted by molar-refractivity contribution is -0.179. The number of esters is 3. The number of para-hydroxylation sites is 1. The lowest BCUT2D eigenvalue weighted by Gasteiger charge is -2.46. The van der Waals surface area contributed by atoms with E-state index in [0.717, 1.165) is 43.2 Å². The summed E-state index contributed by atoms with van der Waals surface area (Å²) >= 11 is 0. The molecule has 0 aromatic heterocycles. The van der Waals surface area contributed by atoms with Crippen molar-refractivity contribution in [1.82, 2.24) is 9.80 Å². The molecule has 4 aromatic rings. The van der Waals surface area contributed by atoms with Gasteiger partial charge in [0.05, 0.1) is 38.8 Å². The Bertz CT molecular complexity index is 2390. The highest BCUT2D eigenvalue weighted by Gasteiger charge is 2.74. The zero-order chi connectivity index (χ0) is 44.1. The molecule has 4 aliphatic heterocycles. The van der Waals surface area contributed by atoms with Crippen molar-refractivity contribution in [3.8, 4) is 17.6 Å². The van der Waals surface area contributed by atoms with Gasteiger partial charge in [0.15, 0.2) is 5.92 Å². The fourth-order valence-electron chi connectivity index (χ4n) is 10.1. The number of aliphatic hydroxyl groups is 1. The third kappa shape index (κ3) is 7.94. The second-order valence-electron chi connectivity index (χ2n) is 16.3. The molecule has 0 aliphatic carbocycles. The number of carbonyl (C=O) groups excluding carboxylic acids is 5. The number of amides is 2. The number of rotatable bonds is 10. The molecule has 1 spiro atoms. The van der Waals surface area contributed by atoms with Crippen molar-refractivity contribution in [3.05, 3.63) is 131 Å². The van der Waals surface area contributed by atoms with Crippen LogP contribution in [0.15, 0.2) is 103 Å². The summed E-state index contributed by atoms with van der Waals surface area (Å²) in [5.41, 5.74) is 1.64. The highest BCUT2D eigenvalue weighted by atomic mass is 16.6. The van der Waals surface area contributed by atoms with Crippen LogP contribution in [0.2, 0.25) is 0 Å². The molecule has 326 valence electrons. The second kappa shape index (κ2) is 18.9. The van der Waals surface area contributed by atoms with Gasteiger partial charge in [-0.05, 0) is 53.8 Å². The molecule has 0 bridgehead atoms. The average Bonchev–Trinajstić information content (AvgIpc) is 3.78. The second-order valence-corrected chi connectivity index (χ2v) is 16.3. The molecule has 0 unspecified atom stereocenters. The van der Waals surface area contributed by atoms with E-state index in [2.05, 4.69) is 17.2 Å². The molecule has 2 amide bonds. The van der Waals surface area contributed by atoms with Crippen LogP contribution < -0.4 is 10.1 Å². The molecule has 13 nitrogen and oxygen atoms in total. The van der Waals surface area contributed by atoms with Crippen LogP contribution in [0, 0.1) is 23.7 Å². The number of morpholine rings is 1. The van der Waals surface area contributed by atoms with Crippen LogP contribution in [-0.4, -0.2) is 91.2 Å². The molecule has 4 aromatic carbocycles. The van der Waals surface area contributed by atoms with E-state index in [-0.39, 0.29) is 25.5 Å². The predicted molar refractivity (Wildman–Crippen MR) is 231 cm³/mol. The van der Waals surface area contributed by atoms with E-state index in [1.807, 2.05) is 82.6 Å². The first-order valence-corrected chi connectivity index (χ1v) is 21.5. The van der Waals surface area contributed by atoms with E-state index in [9.17, 15) is 14.7 Å². The number of hydrogen-bond donors (Lipinski definition) is 2. The maximum Gasteiger partial charge on any atom is 0.324 e. The number of nitrogens with one attached hydrogen (secondary N) is 1. The molecule has 0 saturated carbocycles. The van der Waals surface area contributed by atoms with Crippen molar-refractivity contribution in [1.29, 1.82) is 0 Å². The van der Waals surface area contributed by atoms with E-state index in [1.165, 1.54) is 14.2 Å². The quantitative estimate of drug-likeness (QED) is 0.0856.